The maximum atomic E-state index is 11.2. The molecule has 18 heavy (non-hydrogen) atoms. The molecule has 2 atom stereocenters. The molecule has 5 heteroatoms. The molecule has 0 amide bonds. The number of carboxylic acids is 1. The fourth-order valence-corrected chi connectivity index (χ4v) is 1.94. The minimum atomic E-state index is -0.896. The van der Waals surface area contributed by atoms with E-state index in [1.165, 1.54) is 0 Å². The molecule has 0 aromatic carbocycles. The van der Waals surface area contributed by atoms with E-state index >= 15 is 0 Å². The van der Waals surface area contributed by atoms with Crippen LogP contribution in [-0.2, 0) is 14.3 Å². The lowest BCUT2D eigenvalue weighted by Gasteiger charge is -2.26. The highest BCUT2D eigenvalue weighted by molar-refractivity contribution is 5.78. The van der Waals surface area contributed by atoms with Crippen molar-refractivity contribution in [2.75, 3.05) is 26.4 Å². The lowest BCUT2D eigenvalue weighted by atomic mass is 9.98. The molecular weight excluding hydrogens is 234 g/mol. The van der Waals surface area contributed by atoms with E-state index in [0.29, 0.717) is 26.2 Å². The predicted molar refractivity (Wildman–Crippen MR) is 68.7 cm³/mol. The Bertz CT molecular complexity index is 253. The molecule has 0 radical (unpaired) electrons. The van der Waals surface area contributed by atoms with Crippen LogP contribution >= 0.6 is 0 Å². The first-order chi connectivity index (χ1) is 8.58. The first-order valence-corrected chi connectivity index (χ1v) is 6.76. The third kappa shape index (κ3) is 4.92. The summed E-state index contributed by atoms with van der Waals surface area (Å²) in [4.78, 5) is 11.2. The largest absolute Gasteiger partial charge is 0.480 e. The molecule has 1 aliphatic heterocycles. The van der Waals surface area contributed by atoms with Crippen molar-refractivity contribution < 1.29 is 19.4 Å². The van der Waals surface area contributed by atoms with Gasteiger partial charge in [0.25, 0.3) is 0 Å². The number of hydrogen-bond acceptors (Lipinski definition) is 4. The summed E-state index contributed by atoms with van der Waals surface area (Å²) in [5, 5.41) is 12.3. The first-order valence-electron chi connectivity index (χ1n) is 6.76. The van der Waals surface area contributed by atoms with Gasteiger partial charge < -0.3 is 19.9 Å². The lowest BCUT2D eigenvalue weighted by molar-refractivity contribution is -0.145. The van der Waals surface area contributed by atoms with E-state index in [2.05, 4.69) is 5.32 Å². The van der Waals surface area contributed by atoms with Gasteiger partial charge in [-0.25, -0.2) is 0 Å². The highest BCUT2D eigenvalue weighted by Crippen LogP contribution is 2.14. The standard InChI is InChI=1S/C13H25NO4/c1-3-7-14-13(2,12(15)16)6-9-17-10-11-5-4-8-18-11/h11,14H,3-10H2,1-2H3,(H,15,16). The van der Waals surface area contributed by atoms with Crippen molar-refractivity contribution in [3.05, 3.63) is 0 Å². The highest BCUT2D eigenvalue weighted by Gasteiger charge is 2.31. The van der Waals surface area contributed by atoms with Gasteiger partial charge in [-0.05, 0) is 39.2 Å². The Labute approximate surface area is 109 Å². The fraction of sp³-hybridized carbons (Fsp3) is 0.923. The molecule has 0 bridgehead atoms. The van der Waals surface area contributed by atoms with Gasteiger partial charge >= 0.3 is 5.97 Å². The van der Waals surface area contributed by atoms with Gasteiger partial charge in [0.15, 0.2) is 0 Å². The van der Waals surface area contributed by atoms with E-state index in [1.807, 2.05) is 6.92 Å². The minimum absolute atomic E-state index is 0.199. The van der Waals surface area contributed by atoms with Gasteiger partial charge in [-0.2, -0.15) is 0 Å². The van der Waals surface area contributed by atoms with E-state index in [4.69, 9.17) is 9.47 Å². The number of hydrogen-bond donors (Lipinski definition) is 2. The number of rotatable bonds is 9. The second-order valence-electron chi connectivity index (χ2n) is 5.02. The average molecular weight is 259 g/mol. The fourth-order valence-electron chi connectivity index (χ4n) is 1.94. The van der Waals surface area contributed by atoms with Crippen LogP contribution < -0.4 is 5.32 Å². The highest BCUT2D eigenvalue weighted by atomic mass is 16.5. The zero-order valence-corrected chi connectivity index (χ0v) is 11.4. The molecule has 2 N–H and O–H groups in total. The summed E-state index contributed by atoms with van der Waals surface area (Å²) in [5.41, 5.74) is -0.896. The van der Waals surface area contributed by atoms with Crippen molar-refractivity contribution in [2.24, 2.45) is 0 Å². The smallest absolute Gasteiger partial charge is 0.323 e. The minimum Gasteiger partial charge on any atom is -0.480 e. The molecule has 0 aliphatic carbocycles. The molecule has 1 aliphatic rings. The molecule has 1 fully saturated rings. The van der Waals surface area contributed by atoms with Gasteiger partial charge in [-0.15, -0.1) is 0 Å². The Morgan fingerprint density at radius 2 is 2.39 bits per heavy atom. The zero-order valence-electron chi connectivity index (χ0n) is 11.4. The van der Waals surface area contributed by atoms with E-state index in [0.717, 1.165) is 25.9 Å². The maximum absolute atomic E-state index is 11.2. The Balaban J connectivity index is 2.21. The molecule has 2 unspecified atom stereocenters. The SMILES string of the molecule is CCCNC(C)(CCOCC1CCCO1)C(=O)O. The van der Waals surface area contributed by atoms with Gasteiger partial charge in [0, 0.05) is 13.2 Å². The van der Waals surface area contributed by atoms with Gasteiger partial charge in [0.2, 0.25) is 0 Å². The number of carbonyl (C=O) groups is 1. The summed E-state index contributed by atoms with van der Waals surface area (Å²) in [6.45, 7) is 6.26. The molecular formula is C13H25NO4. The Morgan fingerprint density at radius 1 is 1.61 bits per heavy atom. The van der Waals surface area contributed by atoms with Crippen LogP contribution in [0.15, 0.2) is 0 Å². The van der Waals surface area contributed by atoms with Crippen LogP contribution in [0.3, 0.4) is 0 Å². The monoisotopic (exact) mass is 259 g/mol. The molecule has 0 spiro atoms. The van der Waals surface area contributed by atoms with Crippen molar-refractivity contribution in [3.63, 3.8) is 0 Å². The molecule has 5 nitrogen and oxygen atoms in total. The van der Waals surface area contributed by atoms with Gasteiger partial charge in [-0.1, -0.05) is 6.92 Å². The van der Waals surface area contributed by atoms with Gasteiger partial charge in [0.05, 0.1) is 12.7 Å². The first kappa shape index (κ1) is 15.4. The summed E-state index contributed by atoms with van der Waals surface area (Å²) in [6.07, 6.45) is 3.72. The van der Waals surface area contributed by atoms with Crippen LogP contribution in [0.4, 0.5) is 0 Å². The quantitative estimate of drug-likeness (QED) is 0.613. The molecule has 0 aromatic heterocycles. The van der Waals surface area contributed by atoms with Crippen LogP contribution in [0.1, 0.15) is 39.5 Å². The van der Waals surface area contributed by atoms with Crippen molar-refractivity contribution in [1.82, 2.24) is 5.32 Å². The Hall–Kier alpha value is -0.650. The maximum Gasteiger partial charge on any atom is 0.323 e. The van der Waals surface area contributed by atoms with E-state index < -0.39 is 11.5 Å². The average Bonchev–Trinajstić information content (AvgIpc) is 2.85. The summed E-state index contributed by atoms with van der Waals surface area (Å²) >= 11 is 0. The Kier molecular flexibility index (Phi) is 6.60. The van der Waals surface area contributed by atoms with Crippen LogP contribution in [0, 0.1) is 0 Å². The van der Waals surface area contributed by atoms with E-state index in [9.17, 15) is 9.90 Å². The van der Waals surface area contributed by atoms with Gasteiger partial charge in [0.1, 0.15) is 5.54 Å². The van der Waals surface area contributed by atoms with Crippen LogP contribution in [-0.4, -0.2) is 49.1 Å². The topological polar surface area (TPSA) is 67.8 Å². The zero-order chi connectivity index (χ0) is 13.4. The number of aliphatic carboxylic acids is 1. The summed E-state index contributed by atoms with van der Waals surface area (Å²) < 4.78 is 11.0. The van der Waals surface area contributed by atoms with Crippen LogP contribution in [0.2, 0.25) is 0 Å². The number of nitrogens with one attached hydrogen (secondary N) is 1. The van der Waals surface area contributed by atoms with Crippen molar-refractivity contribution in [3.8, 4) is 0 Å². The second kappa shape index (κ2) is 7.71. The van der Waals surface area contributed by atoms with E-state index in [-0.39, 0.29) is 6.10 Å². The third-order valence-electron chi connectivity index (χ3n) is 3.31. The molecule has 0 aromatic rings. The van der Waals surface area contributed by atoms with Crippen LogP contribution in [0.25, 0.3) is 0 Å². The Morgan fingerprint density at radius 3 is 2.94 bits per heavy atom. The van der Waals surface area contributed by atoms with Gasteiger partial charge in [-0.3, -0.25) is 4.79 Å². The molecule has 1 saturated heterocycles. The number of carboxylic acid groups (broad SMARTS) is 1. The summed E-state index contributed by atoms with van der Waals surface area (Å²) in [5.74, 6) is -0.823. The third-order valence-corrected chi connectivity index (χ3v) is 3.31. The lowest BCUT2D eigenvalue weighted by Crippen LogP contribution is -2.50. The predicted octanol–water partition coefficient (Wildman–Crippen LogP) is 1.41. The molecule has 106 valence electrons. The second-order valence-corrected chi connectivity index (χ2v) is 5.02. The summed E-state index contributed by atoms with van der Waals surface area (Å²) in [6, 6.07) is 0. The summed E-state index contributed by atoms with van der Waals surface area (Å²) in [7, 11) is 0. The normalized spacial score (nSPS) is 22.9. The molecule has 1 rings (SSSR count). The molecule has 1 heterocycles. The van der Waals surface area contributed by atoms with Crippen molar-refractivity contribution in [1.29, 1.82) is 0 Å². The van der Waals surface area contributed by atoms with Crippen molar-refractivity contribution in [2.45, 2.75) is 51.2 Å². The number of ether oxygens (including phenoxy) is 2. The van der Waals surface area contributed by atoms with E-state index in [1.54, 1.807) is 6.92 Å². The van der Waals surface area contributed by atoms with Crippen LogP contribution in [0.5, 0.6) is 0 Å². The molecule has 0 saturated carbocycles. The van der Waals surface area contributed by atoms with Crippen molar-refractivity contribution >= 4 is 5.97 Å².